The third kappa shape index (κ3) is 5.13. The number of fused-ring (bicyclic) bond motifs is 1. The second-order valence-corrected chi connectivity index (χ2v) is 11.0. The Morgan fingerprint density at radius 1 is 1.28 bits per heavy atom. The monoisotopic (exact) mass is 498 g/mol. The molecule has 178 valence electrons. The molecule has 1 aromatic carbocycles. The molecular weight excluding hydrogens is 476 g/mol. The highest BCUT2D eigenvalue weighted by molar-refractivity contribution is 8.13. The number of rotatable bonds is 3. The van der Waals surface area contributed by atoms with Crippen molar-refractivity contribution in [1.29, 1.82) is 0 Å². The summed E-state index contributed by atoms with van der Waals surface area (Å²) in [5.74, 6) is -1.82. The molecule has 0 spiro atoms. The number of aliphatic imine (C=N–C) groups is 1. The van der Waals surface area contributed by atoms with Crippen LogP contribution in [0.15, 0.2) is 23.2 Å². The van der Waals surface area contributed by atoms with Gasteiger partial charge in [0.15, 0.2) is 16.7 Å². The number of carbonyl (C=O) groups excluding carboxylic acids is 1. The summed E-state index contributed by atoms with van der Waals surface area (Å²) >= 11 is 1.30. The topological polar surface area (TPSA) is 94.1 Å². The molecule has 32 heavy (non-hydrogen) atoms. The highest BCUT2D eigenvalue weighted by Gasteiger charge is 2.50. The van der Waals surface area contributed by atoms with Crippen LogP contribution in [0.5, 0.6) is 5.75 Å². The minimum absolute atomic E-state index is 0.0470. The highest BCUT2D eigenvalue weighted by Crippen LogP contribution is 2.51. The Balaban J connectivity index is 1.96. The lowest BCUT2D eigenvalue weighted by molar-refractivity contribution is -0.0501. The van der Waals surface area contributed by atoms with E-state index in [1.54, 1.807) is 20.8 Å². The number of nitrogens with one attached hydrogen (secondary N) is 1. The van der Waals surface area contributed by atoms with Gasteiger partial charge in [0.1, 0.15) is 5.60 Å². The number of nitrogens with zero attached hydrogens (tertiary/aromatic N) is 1. The maximum absolute atomic E-state index is 14.1. The molecule has 1 aromatic rings. The molecule has 2 unspecified atom stereocenters. The Hall–Kier alpha value is -2.02. The lowest BCUT2D eigenvalue weighted by Crippen LogP contribution is -2.41. The highest BCUT2D eigenvalue weighted by atomic mass is 32.2. The van der Waals surface area contributed by atoms with E-state index in [-0.39, 0.29) is 11.1 Å². The summed E-state index contributed by atoms with van der Waals surface area (Å²) < 4.78 is 84.2. The van der Waals surface area contributed by atoms with Crippen LogP contribution in [0, 0.1) is 11.7 Å². The molecule has 0 aromatic heterocycles. The smallest absolute Gasteiger partial charge is 0.444 e. The van der Waals surface area contributed by atoms with E-state index in [1.165, 1.54) is 17.8 Å². The van der Waals surface area contributed by atoms with Crippen molar-refractivity contribution >= 4 is 33.1 Å². The van der Waals surface area contributed by atoms with Crippen molar-refractivity contribution in [2.24, 2.45) is 10.9 Å². The first-order valence-electron chi connectivity index (χ1n) is 9.66. The normalized spacial score (nSPS) is 23.8. The lowest BCUT2D eigenvalue weighted by Gasteiger charge is -2.36. The maximum atomic E-state index is 14.1. The molecule has 0 saturated heterocycles. The summed E-state index contributed by atoms with van der Waals surface area (Å²) in [5, 5.41) is 2.83. The first-order chi connectivity index (χ1) is 14.6. The van der Waals surface area contributed by atoms with Crippen molar-refractivity contribution in [3.8, 4) is 5.75 Å². The largest absolute Gasteiger partial charge is 0.534 e. The summed E-state index contributed by atoms with van der Waals surface area (Å²) in [5.41, 5.74) is -7.10. The Labute approximate surface area is 187 Å². The number of hydrogen-bond acceptors (Lipinski definition) is 7. The van der Waals surface area contributed by atoms with Crippen LogP contribution in [0.4, 0.5) is 22.4 Å². The average molecular weight is 499 g/mol. The third-order valence-corrected chi connectivity index (χ3v) is 7.03. The predicted octanol–water partition coefficient (Wildman–Crippen LogP) is 4.68. The second kappa shape index (κ2) is 8.40. The Kier molecular flexibility index (Phi) is 6.46. The molecule has 3 rings (SSSR count). The van der Waals surface area contributed by atoms with Crippen LogP contribution in [-0.4, -0.2) is 36.5 Å². The van der Waals surface area contributed by atoms with Crippen LogP contribution in [-0.2, 0) is 20.4 Å². The van der Waals surface area contributed by atoms with Crippen LogP contribution < -0.4 is 9.50 Å². The molecule has 7 nitrogen and oxygen atoms in total. The zero-order valence-electron chi connectivity index (χ0n) is 17.5. The van der Waals surface area contributed by atoms with Gasteiger partial charge >= 0.3 is 21.7 Å². The van der Waals surface area contributed by atoms with Gasteiger partial charge in [0.05, 0.1) is 5.54 Å². The quantitative estimate of drug-likeness (QED) is 0.370. The minimum Gasteiger partial charge on any atom is -0.444 e. The van der Waals surface area contributed by atoms with Crippen molar-refractivity contribution in [2.75, 3.05) is 5.75 Å². The molecule has 2 aliphatic rings. The summed E-state index contributed by atoms with van der Waals surface area (Å²) in [6.45, 7) is 5.10. The molecule has 1 aliphatic carbocycles. The number of ether oxygens (including phenoxy) is 1. The molecule has 1 amide bonds. The van der Waals surface area contributed by atoms with E-state index in [4.69, 9.17) is 4.74 Å². The Bertz CT molecular complexity index is 1040. The van der Waals surface area contributed by atoms with Crippen LogP contribution in [0.1, 0.15) is 45.6 Å². The van der Waals surface area contributed by atoms with E-state index in [1.807, 2.05) is 0 Å². The summed E-state index contributed by atoms with van der Waals surface area (Å²) in [6.07, 6.45) is 1.26. The Morgan fingerprint density at radius 3 is 2.59 bits per heavy atom. The van der Waals surface area contributed by atoms with Gasteiger partial charge in [-0.05, 0) is 57.2 Å². The first-order valence-corrected chi connectivity index (χ1v) is 12.1. The number of thioether (sulfide) groups is 1. The molecule has 1 aliphatic heterocycles. The van der Waals surface area contributed by atoms with Gasteiger partial charge in [-0.3, -0.25) is 10.3 Å². The van der Waals surface area contributed by atoms with Crippen molar-refractivity contribution in [3.05, 3.63) is 29.6 Å². The van der Waals surface area contributed by atoms with Crippen molar-refractivity contribution < 1.29 is 39.7 Å². The zero-order chi connectivity index (χ0) is 23.9. The number of hydrogen-bond donors (Lipinski definition) is 1. The minimum atomic E-state index is -6.04. The van der Waals surface area contributed by atoms with Gasteiger partial charge in [-0.2, -0.15) is 21.6 Å². The summed E-state index contributed by atoms with van der Waals surface area (Å²) in [6, 6.07) is 3.12. The number of amides is 1. The van der Waals surface area contributed by atoms with Crippen molar-refractivity contribution in [3.63, 3.8) is 0 Å². The Morgan fingerprint density at radius 2 is 1.97 bits per heavy atom. The van der Waals surface area contributed by atoms with Crippen LogP contribution in [0.2, 0.25) is 0 Å². The van der Waals surface area contributed by atoms with Gasteiger partial charge in [-0.1, -0.05) is 24.2 Å². The fourth-order valence-corrected chi connectivity index (χ4v) is 5.37. The molecule has 0 radical (unpaired) electrons. The lowest BCUT2D eigenvalue weighted by atomic mass is 9.81. The second-order valence-electron chi connectivity index (χ2n) is 8.50. The summed E-state index contributed by atoms with van der Waals surface area (Å²) in [4.78, 5) is 16.8. The molecule has 1 fully saturated rings. The number of carbonyl (C=O) groups is 1. The fraction of sp³-hybridized carbons (Fsp3) is 0.579. The van der Waals surface area contributed by atoms with Gasteiger partial charge < -0.3 is 8.92 Å². The average Bonchev–Trinajstić information content (AvgIpc) is 3.05. The zero-order valence-corrected chi connectivity index (χ0v) is 19.1. The predicted molar refractivity (Wildman–Crippen MR) is 110 cm³/mol. The molecule has 1 saturated carbocycles. The van der Waals surface area contributed by atoms with Gasteiger partial charge in [-0.25, -0.2) is 9.18 Å². The molecule has 2 atom stereocenters. The van der Waals surface area contributed by atoms with Gasteiger partial charge in [0.2, 0.25) is 0 Å². The third-order valence-electron chi connectivity index (χ3n) is 5.03. The van der Waals surface area contributed by atoms with Crippen LogP contribution >= 0.6 is 11.8 Å². The van der Waals surface area contributed by atoms with Crippen LogP contribution in [0.25, 0.3) is 0 Å². The molecular formula is C19H22F4N2O5S2. The van der Waals surface area contributed by atoms with E-state index < -0.39 is 44.4 Å². The number of halogens is 4. The van der Waals surface area contributed by atoms with E-state index in [2.05, 4.69) is 14.5 Å². The van der Waals surface area contributed by atoms with Crippen molar-refractivity contribution in [1.82, 2.24) is 5.32 Å². The van der Waals surface area contributed by atoms with E-state index in [9.17, 15) is 30.8 Å². The molecule has 13 heteroatoms. The fourth-order valence-electron chi connectivity index (χ4n) is 3.72. The van der Waals surface area contributed by atoms with E-state index in [0.29, 0.717) is 17.7 Å². The first kappa shape index (κ1) is 24.6. The number of alkyl halides is 3. The summed E-state index contributed by atoms with van der Waals surface area (Å²) in [7, 11) is -6.04. The standard InChI is InChI=1S/C19H22F4N2O5S2/c1-17(2,3)29-16(26)24-15-25-18(8-4-5-12(18)10-31-15)11-6-7-13(20)14(9-11)30-32(27,28)19(21,22)23/h6-7,9,12H,4-5,8,10H2,1-3H3,(H,24,25,26). The molecule has 1 N–H and O–H groups in total. The van der Waals surface area contributed by atoms with Gasteiger partial charge in [-0.15, -0.1) is 0 Å². The van der Waals surface area contributed by atoms with E-state index >= 15 is 0 Å². The van der Waals surface area contributed by atoms with Gasteiger partial charge in [0, 0.05) is 5.75 Å². The molecule has 0 bridgehead atoms. The number of amidine groups is 1. The van der Waals surface area contributed by atoms with Crippen molar-refractivity contribution in [2.45, 2.75) is 56.7 Å². The molecule has 1 heterocycles. The SMILES string of the molecule is CC(C)(C)OC(=O)NC1=NC2(c3ccc(F)c(OS(=O)(=O)C(F)(F)F)c3)CCCC2CS1. The number of alkyl carbamates (subject to hydrolysis) is 1. The maximum Gasteiger partial charge on any atom is 0.534 e. The number of benzene rings is 1. The van der Waals surface area contributed by atoms with E-state index in [0.717, 1.165) is 25.0 Å². The van der Waals surface area contributed by atoms with Gasteiger partial charge in [0.25, 0.3) is 0 Å². The van der Waals surface area contributed by atoms with Crippen LogP contribution in [0.3, 0.4) is 0 Å².